The third-order valence-corrected chi connectivity index (χ3v) is 3.85. The molecule has 0 unspecified atom stereocenters. The van der Waals surface area contributed by atoms with Gasteiger partial charge in [-0.25, -0.2) is 0 Å². The van der Waals surface area contributed by atoms with Crippen molar-refractivity contribution in [3.8, 4) is 17.2 Å². The summed E-state index contributed by atoms with van der Waals surface area (Å²) in [4.78, 5) is 0. The Kier molecular flexibility index (Phi) is 5.73. The van der Waals surface area contributed by atoms with Crippen LogP contribution in [0.1, 0.15) is 27.7 Å². The van der Waals surface area contributed by atoms with Crippen LogP contribution in [-0.4, -0.2) is 49.8 Å². The summed E-state index contributed by atoms with van der Waals surface area (Å²) in [7, 11) is 3.24. The van der Waals surface area contributed by atoms with Gasteiger partial charge in [0, 0.05) is 0 Å². The summed E-state index contributed by atoms with van der Waals surface area (Å²) in [6, 6.07) is 3.21. The van der Waals surface area contributed by atoms with E-state index in [1.807, 2.05) is 0 Å². The molecular formula is C15H25BO6. The van der Waals surface area contributed by atoms with Crippen LogP contribution in [0.4, 0.5) is 0 Å². The first-order valence-corrected chi connectivity index (χ1v) is 6.95. The average molecular weight is 312 g/mol. The fourth-order valence-electron chi connectivity index (χ4n) is 1.74. The van der Waals surface area contributed by atoms with Gasteiger partial charge in [-0.2, -0.15) is 0 Å². The Balaban J connectivity index is 3.16. The lowest BCUT2D eigenvalue weighted by molar-refractivity contribution is -0.0982. The van der Waals surface area contributed by atoms with Crippen molar-refractivity contribution in [2.24, 2.45) is 0 Å². The zero-order valence-corrected chi connectivity index (χ0v) is 14.3. The highest BCUT2D eigenvalue weighted by Crippen LogP contribution is 2.36. The molecule has 0 aliphatic carbocycles. The van der Waals surface area contributed by atoms with Gasteiger partial charge in [0.2, 0.25) is 5.75 Å². The number of rotatable bonds is 7. The van der Waals surface area contributed by atoms with Crippen molar-refractivity contribution in [3.05, 3.63) is 12.1 Å². The molecule has 0 bridgehead atoms. The van der Waals surface area contributed by atoms with E-state index < -0.39 is 18.3 Å². The van der Waals surface area contributed by atoms with Gasteiger partial charge in [0.25, 0.3) is 0 Å². The molecule has 0 fully saturated rings. The second kappa shape index (κ2) is 6.77. The maximum absolute atomic E-state index is 10.3. The van der Waals surface area contributed by atoms with Crippen LogP contribution >= 0.6 is 0 Å². The summed E-state index contributed by atoms with van der Waals surface area (Å²) >= 11 is 0. The standard InChI is InChI=1S/C15H25BO6/c1-14(2,17)15(3,4)22-16(18)10-8-11(19-5)13(21-7)12(9-10)20-6/h8-9,17-18H,1-7H3. The molecule has 124 valence electrons. The molecule has 7 heteroatoms. The largest absolute Gasteiger partial charge is 0.493 e. The quantitative estimate of drug-likeness (QED) is 0.731. The van der Waals surface area contributed by atoms with Crippen LogP contribution < -0.4 is 19.7 Å². The molecule has 2 N–H and O–H groups in total. The van der Waals surface area contributed by atoms with E-state index in [1.54, 1.807) is 39.8 Å². The first-order chi connectivity index (χ1) is 10.1. The number of benzene rings is 1. The molecular weight excluding hydrogens is 287 g/mol. The molecule has 0 spiro atoms. The minimum Gasteiger partial charge on any atom is -0.493 e. The topological polar surface area (TPSA) is 77.4 Å². The molecule has 0 atom stereocenters. The molecule has 0 amide bonds. The minimum atomic E-state index is -1.25. The van der Waals surface area contributed by atoms with Gasteiger partial charge in [-0.05, 0) is 45.3 Å². The normalized spacial score (nSPS) is 12.0. The van der Waals surface area contributed by atoms with Gasteiger partial charge in [0.05, 0.1) is 32.5 Å². The van der Waals surface area contributed by atoms with Crippen molar-refractivity contribution in [2.75, 3.05) is 21.3 Å². The summed E-state index contributed by atoms with van der Waals surface area (Å²) in [6.07, 6.45) is 0. The predicted octanol–water partition coefficient (Wildman–Crippen LogP) is 0.966. The molecule has 1 aromatic rings. The highest BCUT2D eigenvalue weighted by atomic mass is 16.6. The van der Waals surface area contributed by atoms with E-state index in [1.165, 1.54) is 21.3 Å². The monoisotopic (exact) mass is 312 g/mol. The van der Waals surface area contributed by atoms with E-state index >= 15 is 0 Å². The van der Waals surface area contributed by atoms with E-state index in [-0.39, 0.29) is 0 Å². The average Bonchev–Trinajstić information content (AvgIpc) is 2.43. The SMILES string of the molecule is COc1cc(B(O)OC(C)(C)C(C)(C)O)cc(OC)c1OC. The Bertz CT molecular complexity index is 484. The van der Waals surface area contributed by atoms with Gasteiger partial charge < -0.3 is 29.0 Å². The van der Waals surface area contributed by atoms with E-state index in [2.05, 4.69) is 0 Å². The van der Waals surface area contributed by atoms with Gasteiger partial charge in [0.15, 0.2) is 11.5 Å². The Labute approximate surface area is 132 Å². The summed E-state index contributed by atoms with van der Waals surface area (Å²) < 4.78 is 21.3. The predicted molar refractivity (Wildman–Crippen MR) is 85.2 cm³/mol. The van der Waals surface area contributed by atoms with Crippen LogP contribution in [-0.2, 0) is 4.65 Å². The second-order valence-electron chi connectivity index (χ2n) is 6.00. The second-order valence-corrected chi connectivity index (χ2v) is 6.00. The molecule has 0 aliphatic rings. The number of aliphatic hydroxyl groups is 1. The van der Waals surface area contributed by atoms with Crippen molar-refractivity contribution in [1.29, 1.82) is 0 Å². The Morgan fingerprint density at radius 1 is 0.909 bits per heavy atom. The minimum absolute atomic E-state index is 0.417. The van der Waals surface area contributed by atoms with Crippen LogP contribution in [0.15, 0.2) is 12.1 Å². The third kappa shape index (κ3) is 3.85. The third-order valence-electron chi connectivity index (χ3n) is 3.85. The number of hydrogen-bond donors (Lipinski definition) is 2. The van der Waals surface area contributed by atoms with Crippen LogP contribution in [0.2, 0.25) is 0 Å². The number of hydrogen-bond acceptors (Lipinski definition) is 6. The molecule has 1 rings (SSSR count). The first kappa shape index (κ1) is 18.6. The van der Waals surface area contributed by atoms with Crippen molar-refractivity contribution in [1.82, 2.24) is 0 Å². The van der Waals surface area contributed by atoms with Crippen molar-refractivity contribution in [3.63, 3.8) is 0 Å². The molecule has 22 heavy (non-hydrogen) atoms. The summed E-state index contributed by atoms with van der Waals surface area (Å²) in [6.45, 7) is 6.65. The maximum Gasteiger partial charge on any atom is 0.491 e. The van der Waals surface area contributed by atoms with E-state index in [0.717, 1.165) is 0 Å². The zero-order chi connectivity index (χ0) is 17.1. The van der Waals surface area contributed by atoms with Crippen LogP contribution in [0, 0.1) is 0 Å². The molecule has 0 saturated heterocycles. The van der Waals surface area contributed by atoms with Gasteiger partial charge >= 0.3 is 7.12 Å². The van der Waals surface area contributed by atoms with Crippen molar-refractivity contribution >= 4 is 12.6 Å². The number of methoxy groups -OCH3 is 3. The first-order valence-electron chi connectivity index (χ1n) is 6.95. The summed E-state index contributed by atoms with van der Waals surface area (Å²) in [5.41, 5.74) is -1.66. The summed E-state index contributed by atoms with van der Waals surface area (Å²) in [5.74, 6) is 1.27. The van der Waals surface area contributed by atoms with Gasteiger partial charge in [-0.3, -0.25) is 0 Å². The Hall–Kier alpha value is -1.44. The lowest BCUT2D eigenvalue weighted by atomic mass is 9.76. The van der Waals surface area contributed by atoms with Crippen molar-refractivity contribution in [2.45, 2.75) is 38.9 Å². The summed E-state index contributed by atoms with van der Waals surface area (Å²) in [5, 5.41) is 20.5. The van der Waals surface area contributed by atoms with Crippen LogP contribution in [0.3, 0.4) is 0 Å². The highest BCUT2D eigenvalue weighted by Gasteiger charge is 2.39. The smallest absolute Gasteiger partial charge is 0.491 e. The maximum atomic E-state index is 10.3. The fraction of sp³-hybridized carbons (Fsp3) is 0.600. The molecule has 6 nitrogen and oxygen atoms in total. The van der Waals surface area contributed by atoms with Crippen LogP contribution in [0.25, 0.3) is 0 Å². The Morgan fingerprint density at radius 3 is 1.68 bits per heavy atom. The van der Waals surface area contributed by atoms with E-state index in [4.69, 9.17) is 18.9 Å². The lowest BCUT2D eigenvalue weighted by Crippen LogP contribution is -2.53. The lowest BCUT2D eigenvalue weighted by Gasteiger charge is -2.38. The highest BCUT2D eigenvalue weighted by molar-refractivity contribution is 6.60. The van der Waals surface area contributed by atoms with Gasteiger partial charge in [0.1, 0.15) is 0 Å². The van der Waals surface area contributed by atoms with Gasteiger partial charge in [-0.1, -0.05) is 0 Å². The zero-order valence-electron chi connectivity index (χ0n) is 14.3. The molecule has 0 aliphatic heterocycles. The molecule has 0 radical (unpaired) electrons. The van der Waals surface area contributed by atoms with E-state index in [0.29, 0.717) is 22.7 Å². The Morgan fingerprint density at radius 2 is 1.36 bits per heavy atom. The fourth-order valence-corrected chi connectivity index (χ4v) is 1.74. The molecule has 0 aromatic heterocycles. The van der Waals surface area contributed by atoms with Gasteiger partial charge in [-0.15, -0.1) is 0 Å². The van der Waals surface area contributed by atoms with Crippen LogP contribution in [0.5, 0.6) is 17.2 Å². The van der Waals surface area contributed by atoms with Crippen molar-refractivity contribution < 1.29 is 29.0 Å². The molecule has 0 saturated carbocycles. The molecule has 0 heterocycles. The van der Waals surface area contributed by atoms with E-state index in [9.17, 15) is 10.1 Å². The number of ether oxygens (including phenoxy) is 3. The molecule has 1 aromatic carbocycles.